The van der Waals surface area contributed by atoms with Gasteiger partial charge in [-0.2, -0.15) is 5.10 Å². The van der Waals surface area contributed by atoms with Crippen LogP contribution in [0.1, 0.15) is 16.1 Å². The summed E-state index contributed by atoms with van der Waals surface area (Å²) < 4.78 is 7.58. The number of aromatic nitrogens is 2. The summed E-state index contributed by atoms with van der Waals surface area (Å²) in [5.41, 5.74) is 1.55. The lowest BCUT2D eigenvalue weighted by Crippen LogP contribution is -2.09. The topological polar surface area (TPSA) is 44.1 Å². The highest BCUT2D eigenvalue weighted by atomic mass is 79.9. The highest BCUT2D eigenvalue weighted by Gasteiger charge is 2.11. The van der Waals surface area contributed by atoms with Gasteiger partial charge in [0, 0.05) is 19.7 Å². The van der Waals surface area contributed by atoms with E-state index in [-0.39, 0.29) is 5.78 Å². The molecule has 1 aromatic heterocycles. The summed E-state index contributed by atoms with van der Waals surface area (Å²) in [5.74, 6) is 0.804. The second-order valence-corrected chi connectivity index (χ2v) is 4.76. The maximum Gasteiger partial charge on any atom is 0.185 e. The molecule has 0 saturated carbocycles. The lowest BCUT2D eigenvalue weighted by atomic mass is 10.1. The Labute approximate surface area is 114 Å². The van der Waals surface area contributed by atoms with Crippen molar-refractivity contribution in [3.63, 3.8) is 0 Å². The minimum Gasteiger partial charge on any atom is -0.496 e. The van der Waals surface area contributed by atoms with Crippen LogP contribution in [0.25, 0.3) is 0 Å². The fourth-order valence-corrected chi connectivity index (χ4v) is 2.33. The van der Waals surface area contributed by atoms with Crippen LogP contribution < -0.4 is 4.74 Å². The number of Topliss-reactive ketones (excluding diaryl/α,β-unsaturated/α-hetero) is 1. The Morgan fingerprint density at radius 2 is 2.22 bits per heavy atom. The van der Waals surface area contributed by atoms with E-state index in [0.29, 0.717) is 12.1 Å². The van der Waals surface area contributed by atoms with Crippen molar-refractivity contribution in [2.75, 3.05) is 7.11 Å². The average Bonchev–Trinajstić information content (AvgIpc) is 2.76. The third kappa shape index (κ3) is 2.61. The summed E-state index contributed by atoms with van der Waals surface area (Å²) in [4.78, 5) is 12.1. The highest BCUT2D eigenvalue weighted by Crippen LogP contribution is 2.26. The SMILES string of the molecule is COc1ccc(CC(=O)c2ccnn2C)cc1Br. The molecule has 1 aromatic carbocycles. The molecule has 0 aliphatic rings. The molecule has 0 bridgehead atoms. The molecule has 2 aromatic rings. The first-order valence-electron chi connectivity index (χ1n) is 5.45. The largest absolute Gasteiger partial charge is 0.496 e. The molecule has 0 saturated heterocycles. The summed E-state index contributed by atoms with van der Waals surface area (Å²) in [6, 6.07) is 7.35. The molecule has 0 unspecified atom stereocenters. The van der Waals surface area contributed by atoms with Gasteiger partial charge < -0.3 is 4.74 Å². The third-order valence-electron chi connectivity index (χ3n) is 2.69. The summed E-state index contributed by atoms with van der Waals surface area (Å²) in [6.45, 7) is 0. The number of carbonyl (C=O) groups is 1. The quantitative estimate of drug-likeness (QED) is 0.816. The van der Waals surface area contributed by atoms with Gasteiger partial charge >= 0.3 is 0 Å². The summed E-state index contributed by atoms with van der Waals surface area (Å²) >= 11 is 3.41. The van der Waals surface area contributed by atoms with Crippen molar-refractivity contribution < 1.29 is 9.53 Å². The van der Waals surface area contributed by atoms with Crippen LogP contribution in [0.15, 0.2) is 34.9 Å². The Morgan fingerprint density at radius 1 is 1.44 bits per heavy atom. The van der Waals surface area contributed by atoms with Gasteiger partial charge in [-0.25, -0.2) is 0 Å². The molecule has 0 aliphatic carbocycles. The zero-order valence-electron chi connectivity index (χ0n) is 10.2. The van der Waals surface area contributed by atoms with Crippen molar-refractivity contribution in [3.05, 3.63) is 46.2 Å². The van der Waals surface area contributed by atoms with E-state index >= 15 is 0 Å². The lowest BCUT2D eigenvalue weighted by Gasteiger charge is -2.06. The van der Waals surface area contributed by atoms with Crippen LogP contribution in [-0.4, -0.2) is 22.7 Å². The number of hydrogen-bond donors (Lipinski definition) is 0. The normalized spacial score (nSPS) is 10.4. The number of nitrogens with zero attached hydrogens (tertiary/aromatic N) is 2. The number of aryl methyl sites for hydroxylation is 1. The van der Waals surface area contributed by atoms with E-state index in [4.69, 9.17) is 4.74 Å². The van der Waals surface area contributed by atoms with Crippen LogP contribution in [-0.2, 0) is 13.5 Å². The third-order valence-corrected chi connectivity index (χ3v) is 3.31. The summed E-state index contributed by atoms with van der Waals surface area (Å²) in [5, 5.41) is 3.99. The minimum atomic E-state index is 0.0482. The maximum absolute atomic E-state index is 12.1. The van der Waals surface area contributed by atoms with Crippen molar-refractivity contribution in [2.24, 2.45) is 7.05 Å². The van der Waals surface area contributed by atoms with Crippen molar-refractivity contribution in [3.8, 4) is 5.75 Å². The lowest BCUT2D eigenvalue weighted by molar-refractivity contribution is 0.0984. The molecule has 0 aliphatic heterocycles. The van der Waals surface area contributed by atoms with Crippen LogP contribution in [0.3, 0.4) is 0 Å². The Balaban J connectivity index is 2.17. The second kappa shape index (κ2) is 5.35. The van der Waals surface area contributed by atoms with E-state index in [0.717, 1.165) is 15.8 Å². The number of rotatable bonds is 4. The molecule has 4 nitrogen and oxygen atoms in total. The molecule has 0 spiro atoms. The van der Waals surface area contributed by atoms with Gasteiger partial charge in [0.1, 0.15) is 11.4 Å². The Hall–Kier alpha value is -1.62. The van der Waals surface area contributed by atoms with E-state index in [1.165, 1.54) is 0 Å². The zero-order valence-corrected chi connectivity index (χ0v) is 11.8. The molecule has 2 rings (SSSR count). The van der Waals surface area contributed by atoms with E-state index in [9.17, 15) is 4.79 Å². The second-order valence-electron chi connectivity index (χ2n) is 3.91. The Bertz CT molecular complexity index is 578. The monoisotopic (exact) mass is 308 g/mol. The zero-order chi connectivity index (χ0) is 13.1. The van der Waals surface area contributed by atoms with E-state index in [1.54, 1.807) is 31.1 Å². The number of methoxy groups -OCH3 is 1. The van der Waals surface area contributed by atoms with Gasteiger partial charge in [-0.15, -0.1) is 0 Å². The van der Waals surface area contributed by atoms with Crippen LogP contribution >= 0.6 is 15.9 Å². The summed E-state index contributed by atoms with van der Waals surface area (Å²) in [7, 11) is 3.37. The first-order valence-corrected chi connectivity index (χ1v) is 6.24. The number of halogens is 1. The van der Waals surface area contributed by atoms with Crippen molar-refractivity contribution in [1.29, 1.82) is 0 Å². The molecule has 0 amide bonds. The predicted molar refractivity (Wildman–Crippen MR) is 71.9 cm³/mol. The average molecular weight is 309 g/mol. The number of ether oxygens (including phenoxy) is 1. The molecular formula is C13H13BrN2O2. The molecule has 5 heteroatoms. The molecule has 0 radical (unpaired) electrons. The highest BCUT2D eigenvalue weighted by molar-refractivity contribution is 9.10. The first-order chi connectivity index (χ1) is 8.61. The van der Waals surface area contributed by atoms with Crippen LogP contribution in [0.2, 0.25) is 0 Å². The van der Waals surface area contributed by atoms with Crippen LogP contribution in [0, 0.1) is 0 Å². The van der Waals surface area contributed by atoms with E-state index in [2.05, 4.69) is 21.0 Å². The van der Waals surface area contributed by atoms with Gasteiger partial charge in [0.05, 0.1) is 11.6 Å². The molecule has 0 fully saturated rings. The van der Waals surface area contributed by atoms with Gasteiger partial charge in [0.15, 0.2) is 5.78 Å². The molecule has 94 valence electrons. The standard InChI is InChI=1S/C13H13BrN2O2/c1-16-11(5-6-15-16)12(17)8-9-3-4-13(18-2)10(14)7-9/h3-7H,8H2,1-2H3. The predicted octanol–water partition coefficient (Wildman–Crippen LogP) is 2.62. The number of hydrogen-bond acceptors (Lipinski definition) is 3. The van der Waals surface area contributed by atoms with Gasteiger partial charge in [-0.3, -0.25) is 9.48 Å². The van der Waals surface area contributed by atoms with E-state index < -0.39 is 0 Å². The number of benzene rings is 1. The Kier molecular flexibility index (Phi) is 3.81. The fourth-order valence-electron chi connectivity index (χ4n) is 1.74. The molecule has 0 atom stereocenters. The fraction of sp³-hybridized carbons (Fsp3) is 0.231. The van der Waals surface area contributed by atoms with Crippen molar-refractivity contribution in [2.45, 2.75) is 6.42 Å². The van der Waals surface area contributed by atoms with Gasteiger partial charge in [-0.1, -0.05) is 6.07 Å². The van der Waals surface area contributed by atoms with E-state index in [1.807, 2.05) is 18.2 Å². The summed E-state index contributed by atoms with van der Waals surface area (Å²) in [6.07, 6.45) is 1.97. The van der Waals surface area contributed by atoms with Crippen molar-refractivity contribution in [1.82, 2.24) is 9.78 Å². The minimum absolute atomic E-state index is 0.0482. The van der Waals surface area contributed by atoms with Crippen LogP contribution in [0.5, 0.6) is 5.75 Å². The Morgan fingerprint density at radius 3 is 2.78 bits per heavy atom. The van der Waals surface area contributed by atoms with Gasteiger partial charge in [0.2, 0.25) is 0 Å². The van der Waals surface area contributed by atoms with Gasteiger partial charge in [0.25, 0.3) is 0 Å². The molecule has 0 N–H and O–H groups in total. The molecule has 1 heterocycles. The van der Waals surface area contributed by atoms with Crippen LogP contribution in [0.4, 0.5) is 0 Å². The molecular weight excluding hydrogens is 296 g/mol. The molecule has 18 heavy (non-hydrogen) atoms. The number of ketones is 1. The number of carbonyl (C=O) groups excluding carboxylic acids is 1. The van der Waals surface area contributed by atoms with Crippen molar-refractivity contribution >= 4 is 21.7 Å². The smallest absolute Gasteiger partial charge is 0.185 e. The first kappa shape index (κ1) is 12.8. The maximum atomic E-state index is 12.1. The van der Waals surface area contributed by atoms with Gasteiger partial charge in [-0.05, 0) is 39.7 Å².